The highest BCUT2D eigenvalue weighted by atomic mass is 16.2. The molecular formula is C13H19N3O. The normalized spacial score (nSPS) is 15.7. The van der Waals surface area contributed by atoms with Gasteiger partial charge in [-0.2, -0.15) is 0 Å². The lowest BCUT2D eigenvalue weighted by Crippen LogP contribution is -2.48. The van der Waals surface area contributed by atoms with Gasteiger partial charge in [-0.05, 0) is 31.8 Å². The number of nitrogens with one attached hydrogen (secondary N) is 2. The van der Waals surface area contributed by atoms with Gasteiger partial charge in [0.25, 0.3) is 0 Å². The standard InChI is InChI=1S/C13H19N3O/c1-16(2)9-10-3-5-12(6-4-10)15-13(17)11-7-14-8-11/h3-6,11,14H,7-9H2,1-2H3,(H,15,17). The first-order valence-electron chi connectivity index (χ1n) is 5.90. The van der Waals surface area contributed by atoms with Crippen LogP contribution in [0.1, 0.15) is 5.56 Å². The highest BCUT2D eigenvalue weighted by Crippen LogP contribution is 2.13. The number of anilines is 1. The Kier molecular flexibility index (Phi) is 3.76. The molecule has 1 saturated heterocycles. The quantitative estimate of drug-likeness (QED) is 0.812. The van der Waals surface area contributed by atoms with Crippen molar-refractivity contribution in [2.75, 3.05) is 32.5 Å². The summed E-state index contributed by atoms with van der Waals surface area (Å²) < 4.78 is 0. The van der Waals surface area contributed by atoms with Crippen molar-refractivity contribution in [3.63, 3.8) is 0 Å². The van der Waals surface area contributed by atoms with Crippen LogP contribution in [-0.4, -0.2) is 38.0 Å². The van der Waals surface area contributed by atoms with E-state index in [1.165, 1.54) is 5.56 Å². The Labute approximate surface area is 102 Å². The van der Waals surface area contributed by atoms with Crippen LogP contribution in [0.3, 0.4) is 0 Å². The zero-order chi connectivity index (χ0) is 12.3. The van der Waals surface area contributed by atoms with Gasteiger partial charge in [0, 0.05) is 25.3 Å². The van der Waals surface area contributed by atoms with Crippen molar-refractivity contribution in [2.45, 2.75) is 6.54 Å². The summed E-state index contributed by atoms with van der Waals surface area (Å²) in [4.78, 5) is 13.8. The zero-order valence-corrected chi connectivity index (χ0v) is 10.4. The smallest absolute Gasteiger partial charge is 0.230 e. The number of hydrogen-bond donors (Lipinski definition) is 2. The molecule has 1 aromatic rings. The minimum atomic E-state index is 0.115. The highest BCUT2D eigenvalue weighted by Gasteiger charge is 2.24. The maximum absolute atomic E-state index is 11.7. The fourth-order valence-electron chi connectivity index (χ4n) is 1.78. The Balaban J connectivity index is 1.90. The van der Waals surface area contributed by atoms with Gasteiger partial charge in [0.2, 0.25) is 5.91 Å². The van der Waals surface area contributed by atoms with Crippen molar-refractivity contribution < 1.29 is 4.79 Å². The molecule has 0 unspecified atom stereocenters. The third-order valence-electron chi connectivity index (χ3n) is 2.87. The summed E-state index contributed by atoms with van der Waals surface area (Å²) in [6.07, 6.45) is 0. The lowest BCUT2D eigenvalue weighted by Gasteiger charge is -2.25. The number of carbonyl (C=O) groups excluding carboxylic acids is 1. The van der Waals surface area contributed by atoms with Crippen LogP contribution in [-0.2, 0) is 11.3 Å². The molecule has 0 spiro atoms. The van der Waals surface area contributed by atoms with Crippen LogP contribution in [0.25, 0.3) is 0 Å². The van der Waals surface area contributed by atoms with E-state index < -0.39 is 0 Å². The van der Waals surface area contributed by atoms with Crippen LogP contribution in [0.2, 0.25) is 0 Å². The van der Waals surface area contributed by atoms with Crippen LogP contribution in [0.4, 0.5) is 5.69 Å². The van der Waals surface area contributed by atoms with Crippen molar-refractivity contribution in [3.05, 3.63) is 29.8 Å². The molecule has 2 rings (SSSR count). The van der Waals surface area contributed by atoms with Gasteiger partial charge in [-0.15, -0.1) is 0 Å². The molecule has 1 aliphatic rings. The minimum Gasteiger partial charge on any atom is -0.326 e. The summed E-state index contributed by atoms with van der Waals surface area (Å²) in [5.41, 5.74) is 2.13. The SMILES string of the molecule is CN(C)Cc1ccc(NC(=O)C2CNC2)cc1. The Bertz CT molecular complexity index is 382. The van der Waals surface area contributed by atoms with E-state index in [4.69, 9.17) is 0 Å². The molecule has 1 amide bonds. The maximum atomic E-state index is 11.7. The molecule has 0 aromatic heterocycles. The van der Waals surface area contributed by atoms with Gasteiger partial charge >= 0.3 is 0 Å². The Hall–Kier alpha value is -1.39. The minimum absolute atomic E-state index is 0.115. The highest BCUT2D eigenvalue weighted by molar-refractivity contribution is 5.93. The van der Waals surface area contributed by atoms with Gasteiger partial charge in [-0.25, -0.2) is 0 Å². The molecule has 1 aromatic carbocycles. The molecule has 17 heavy (non-hydrogen) atoms. The van der Waals surface area contributed by atoms with Crippen molar-refractivity contribution >= 4 is 11.6 Å². The predicted octanol–water partition coefficient (Wildman–Crippen LogP) is 0.906. The van der Waals surface area contributed by atoms with Crippen LogP contribution >= 0.6 is 0 Å². The summed E-state index contributed by atoms with van der Waals surface area (Å²) in [7, 11) is 4.08. The van der Waals surface area contributed by atoms with Crippen molar-refractivity contribution in [1.29, 1.82) is 0 Å². The van der Waals surface area contributed by atoms with E-state index in [9.17, 15) is 4.79 Å². The number of benzene rings is 1. The molecule has 4 nitrogen and oxygen atoms in total. The molecule has 2 N–H and O–H groups in total. The third-order valence-corrected chi connectivity index (χ3v) is 2.87. The molecule has 1 fully saturated rings. The number of nitrogens with zero attached hydrogens (tertiary/aromatic N) is 1. The summed E-state index contributed by atoms with van der Waals surface area (Å²) in [5, 5.41) is 6.02. The van der Waals surface area contributed by atoms with Gasteiger partial charge in [0.1, 0.15) is 0 Å². The van der Waals surface area contributed by atoms with Gasteiger partial charge < -0.3 is 15.5 Å². The number of rotatable bonds is 4. The monoisotopic (exact) mass is 233 g/mol. The van der Waals surface area contributed by atoms with Crippen molar-refractivity contribution in [2.24, 2.45) is 5.92 Å². The second-order valence-electron chi connectivity index (χ2n) is 4.78. The van der Waals surface area contributed by atoms with Crippen LogP contribution < -0.4 is 10.6 Å². The Morgan fingerprint density at radius 2 is 2.00 bits per heavy atom. The van der Waals surface area contributed by atoms with E-state index in [1.807, 2.05) is 26.2 Å². The predicted molar refractivity (Wildman–Crippen MR) is 68.8 cm³/mol. The van der Waals surface area contributed by atoms with Crippen LogP contribution in [0, 0.1) is 5.92 Å². The maximum Gasteiger partial charge on any atom is 0.230 e. The molecule has 0 aliphatic carbocycles. The van der Waals surface area contributed by atoms with E-state index >= 15 is 0 Å². The lowest BCUT2D eigenvalue weighted by atomic mass is 10.0. The van der Waals surface area contributed by atoms with Gasteiger partial charge in [-0.3, -0.25) is 4.79 Å². The topological polar surface area (TPSA) is 44.4 Å². The second-order valence-corrected chi connectivity index (χ2v) is 4.78. The van der Waals surface area contributed by atoms with E-state index in [-0.39, 0.29) is 11.8 Å². The Morgan fingerprint density at radius 1 is 1.35 bits per heavy atom. The summed E-state index contributed by atoms with van der Waals surface area (Å²) in [6, 6.07) is 8.02. The summed E-state index contributed by atoms with van der Waals surface area (Å²) in [6.45, 7) is 2.51. The molecule has 0 radical (unpaired) electrons. The molecule has 1 aliphatic heterocycles. The number of hydrogen-bond acceptors (Lipinski definition) is 3. The fraction of sp³-hybridized carbons (Fsp3) is 0.462. The average molecular weight is 233 g/mol. The first-order chi connectivity index (χ1) is 8.15. The third kappa shape index (κ3) is 3.28. The molecule has 92 valence electrons. The van der Waals surface area contributed by atoms with Crippen LogP contribution in [0.15, 0.2) is 24.3 Å². The van der Waals surface area contributed by atoms with Crippen molar-refractivity contribution in [1.82, 2.24) is 10.2 Å². The van der Waals surface area contributed by atoms with E-state index in [2.05, 4.69) is 27.7 Å². The van der Waals surface area contributed by atoms with E-state index in [0.717, 1.165) is 25.3 Å². The van der Waals surface area contributed by atoms with Crippen molar-refractivity contribution in [3.8, 4) is 0 Å². The first kappa shape index (κ1) is 12.1. The summed E-state index contributed by atoms with van der Waals surface area (Å²) >= 11 is 0. The largest absolute Gasteiger partial charge is 0.326 e. The number of amides is 1. The lowest BCUT2D eigenvalue weighted by molar-refractivity contribution is -0.121. The fourth-order valence-corrected chi connectivity index (χ4v) is 1.78. The number of carbonyl (C=O) groups is 1. The molecule has 0 atom stereocenters. The molecular weight excluding hydrogens is 214 g/mol. The van der Waals surface area contributed by atoms with Crippen LogP contribution in [0.5, 0.6) is 0 Å². The first-order valence-corrected chi connectivity index (χ1v) is 5.90. The van der Waals surface area contributed by atoms with E-state index in [1.54, 1.807) is 0 Å². The molecule has 0 bridgehead atoms. The van der Waals surface area contributed by atoms with Gasteiger partial charge in [0.15, 0.2) is 0 Å². The molecule has 4 heteroatoms. The average Bonchev–Trinajstić information content (AvgIpc) is 2.17. The molecule has 0 saturated carbocycles. The van der Waals surface area contributed by atoms with Gasteiger partial charge in [0.05, 0.1) is 5.92 Å². The summed E-state index contributed by atoms with van der Waals surface area (Å²) in [5.74, 6) is 0.251. The zero-order valence-electron chi connectivity index (χ0n) is 10.4. The Morgan fingerprint density at radius 3 is 2.47 bits per heavy atom. The molecule has 1 heterocycles. The van der Waals surface area contributed by atoms with E-state index in [0.29, 0.717) is 0 Å². The van der Waals surface area contributed by atoms with Gasteiger partial charge in [-0.1, -0.05) is 12.1 Å². The second kappa shape index (κ2) is 5.29.